The Hall–Kier alpha value is 0.350. The fraction of sp³-hybridized carbons (Fsp3) is 1.00. The first-order valence-electron chi connectivity index (χ1n) is 7.64. The van der Waals surface area contributed by atoms with E-state index < -0.39 is 0 Å². The minimum atomic E-state index is 0.532. The van der Waals surface area contributed by atoms with Gasteiger partial charge in [0.05, 0.1) is 0 Å². The molecule has 0 saturated heterocycles. The van der Waals surface area contributed by atoms with Crippen LogP contribution in [0.25, 0.3) is 0 Å². The number of rotatable bonds is 11. The van der Waals surface area contributed by atoms with Crippen molar-refractivity contribution in [3.05, 3.63) is 0 Å². The van der Waals surface area contributed by atoms with Crippen LogP contribution in [0.5, 0.6) is 0 Å². The van der Waals surface area contributed by atoms with Crippen LogP contribution in [0.3, 0.4) is 0 Å². The zero-order valence-electron chi connectivity index (χ0n) is 12.4. The lowest BCUT2D eigenvalue weighted by molar-refractivity contribution is 0.356. The smallest absolute Gasteiger partial charge is 0.00369 e. The van der Waals surface area contributed by atoms with Crippen molar-refractivity contribution < 1.29 is 0 Å². The third-order valence-electron chi connectivity index (χ3n) is 3.32. The van der Waals surface area contributed by atoms with Crippen molar-refractivity contribution in [1.82, 2.24) is 0 Å². The molecule has 0 aromatic carbocycles. The summed E-state index contributed by atoms with van der Waals surface area (Å²) in [6.07, 6.45) is 15.5. The summed E-state index contributed by atoms with van der Waals surface area (Å²) >= 11 is 4.94. The van der Waals surface area contributed by atoms with Crippen LogP contribution in [-0.2, 0) is 0 Å². The summed E-state index contributed by atoms with van der Waals surface area (Å²) in [5, 5.41) is 0. The minimum Gasteiger partial charge on any atom is -0.0942 e. The normalized spacial score (nSPS) is 12.0. The van der Waals surface area contributed by atoms with E-state index in [4.69, 9.17) is 12.6 Å². The maximum absolute atomic E-state index is 4.94. The molecule has 0 aliphatic rings. The zero-order chi connectivity index (χ0) is 13.0. The van der Waals surface area contributed by atoms with Crippen LogP contribution in [0.1, 0.15) is 91.4 Å². The van der Waals surface area contributed by atoms with Crippen LogP contribution in [0.2, 0.25) is 0 Å². The first kappa shape index (κ1) is 17.4. The number of hydrogen-bond acceptors (Lipinski definition) is 0. The summed E-state index contributed by atoms with van der Waals surface area (Å²) < 4.78 is 0. The molecule has 0 unspecified atom stereocenters. The Morgan fingerprint density at radius 1 is 0.588 bits per heavy atom. The van der Waals surface area contributed by atoms with E-state index in [0.717, 1.165) is 5.75 Å². The second-order valence-electron chi connectivity index (χ2n) is 6.55. The van der Waals surface area contributed by atoms with E-state index in [-0.39, 0.29) is 0 Å². The van der Waals surface area contributed by atoms with E-state index >= 15 is 0 Å². The van der Waals surface area contributed by atoms with Crippen molar-refractivity contribution >= 4 is 12.6 Å². The number of unbranched alkanes of at least 4 members (excludes halogenated alkanes) is 9. The highest BCUT2D eigenvalue weighted by atomic mass is 32.1. The quantitative estimate of drug-likeness (QED) is 0.370. The van der Waals surface area contributed by atoms with Crippen LogP contribution < -0.4 is 0 Å². The molecule has 0 aliphatic heterocycles. The molecular formula is C16H33S. The van der Waals surface area contributed by atoms with Crippen LogP contribution in [0.4, 0.5) is 0 Å². The van der Waals surface area contributed by atoms with Crippen molar-refractivity contribution in [2.45, 2.75) is 91.4 Å². The monoisotopic (exact) mass is 257 g/mol. The van der Waals surface area contributed by atoms with Gasteiger partial charge in [-0.15, -0.1) is 0 Å². The predicted octanol–water partition coefficient (Wildman–Crippen LogP) is 6.52. The Balaban J connectivity index is 2.99. The van der Waals surface area contributed by atoms with Gasteiger partial charge in [-0.1, -0.05) is 91.2 Å². The Bertz CT molecular complexity index is 146. The zero-order valence-corrected chi connectivity index (χ0v) is 13.2. The van der Waals surface area contributed by atoms with Crippen molar-refractivity contribution in [3.8, 4) is 0 Å². The molecule has 0 rings (SSSR count). The summed E-state index contributed by atoms with van der Waals surface area (Å²) in [7, 11) is 0. The van der Waals surface area contributed by atoms with Crippen molar-refractivity contribution in [3.63, 3.8) is 0 Å². The van der Waals surface area contributed by atoms with Crippen LogP contribution in [0.15, 0.2) is 0 Å². The van der Waals surface area contributed by atoms with Gasteiger partial charge in [-0.2, -0.15) is 0 Å². The molecule has 0 atom stereocenters. The van der Waals surface area contributed by atoms with E-state index in [1.807, 2.05) is 0 Å². The molecule has 0 N–H and O–H groups in total. The Morgan fingerprint density at radius 3 is 1.29 bits per heavy atom. The highest BCUT2D eigenvalue weighted by molar-refractivity contribution is 7.80. The predicted molar refractivity (Wildman–Crippen MR) is 82.7 cm³/mol. The maximum atomic E-state index is 4.94. The highest BCUT2D eigenvalue weighted by Gasteiger charge is 2.08. The van der Waals surface area contributed by atoms with Crippen LogP contribution in [0, 0.1) is 5.41 Å². The van der Waals surface area contributed by atoms with Crippen LogP contribution >= 0.6 is 12.6 Å². The van der Waals surface area contributed by atoms with E-state index in [9.17, 15) is 0 Å². The van der Waals surface area contributed by atoms with Gasteiger partial charge in [0, 0.05) is 5.75 Å². The van der Waals surface area contributed by atoms with Crippen molar-refractivity contribution in [2.75, 3.05) is 5.75 Å². The molecular weight excluding hydrogens is 224 g/mol. The molecule has 0 nitrogen and oxygen atoms in total. The van der Waals surface area contributed by atoms with Crippen LogP contribution in [-0.4, -0.2) is 5.75 Å². The molecule has 1 radical (unpaired) electrons. The summed E-state index contributed by atoms with van der Waals surface area (Å²) in [5.74, 6) is 0.952. The van der Waals surface area contributed by atoms with E-state index in [1.165, 1.54) is 70.6 Å². The van der Waals surface area contributed by atoms with Gasteiger partial charge in [0.15, 0.2) is 0 Å². The molecule has 17 heavy (non-hydrogen) atoms. The lowest BCUT2D eigenvalue weighted by Gasteiger charge is -2.17. The number of hydrogen-bond donors (Lipinski definition) is 0. The lowest BCUT2D eigenvalue weighted by Crippen LogP contribution is -2.03. The van der Waals surface area contributed by atoms with Gasteiger partial charge in [0.1, 0.15) is 0 Å². The van der Waals surface area contributed by atoms with E-state index in [1.54, 1.807) is 0 Å². The average Bonchev–Trinajstić information content (AvgIpc) is 2.24. The summed E-state index contributed by atoms with van der Waals surface area (Å²) in [4.78, 5) is 0. The van der Waals surface area contributed by atoms with Crippen molar-refractivity contribution in [1.29, 1.82) is 0 Å². The molecule has 103 valence electrons. The third-order valence-corrected chi connectivity index (χ3v) is 3.61. The molecule has 0 spiro atoms. The Morgan fingerprint density at radius 2 is 0.941 bits per heavy atom. The first-order chi connectivity index (χ1) is 8.06. The Kier molecular flexibility index (Phi) is 11.7. The summed E-state index contributed by atoms with van der Waals surface area (Å²) in [6.45, 7) is 7.03. The van der Waals surface area contributed by atoms with Gasteiger partial charge in [-0.3, -0.25) is 0 Å². The van der Waals surface area contributed by atoms with E-state index in [2.05, 4.69) is 20.8 Å². The molecule has 0 aromatic rings. The SMILES string of the molecule is CC(C)(C)CCCCCCCCCCCC[S]. The first-order valence-corrected chi connectivity index (χ1v) is 8.22. The topological polar surface area (TPSA) is 0 Å². The minimum absolute atomic E-state index is 0.532. The molecule has 0 amide bonds. The Labute approximate surface area is 115 Å². The van der Waals surface area contributed by atoms with Gasteiger partial charge in [-0.05, 0) is 18.3 Å². The van der Waals surface area contributed by atoms with Gasteiger partial charge in [-0.25, -0.2) is 0 Å². The molecule has 1 heteroatoms. The second kappa shape index (κ2) is 11.4. The summed E-state index contributed by atoms with van der Waals surface area (Å²) in [5.41, 5.74) is 0.532. The van der Waals surface area contributed by atoms with Gasteiger partial charge >= 0.3 is 0 Å². The van der Waals surface area contributed by atoms with Gasteiger partial charge in [0.2, 0.25) is 0 Å². The summed E-state index contributed by atoms with van der Waals surface area (Å²) in [6, 6.07) is 0. The largest absolute Gasteiger partial charge is 0.0942 e. The molecule has 0 aromatic heterocycles. The molecule has 0 fully saturated rings. The third kappa shape index (κ3) is 16.4. The average molecular weight is 258 g/mol. The maximum Gasteiger partial charge on any atom is 0.00369 e. The molecule has 0 aliphatic carbocycles. The highest BCUT2D eigenvalue weighted by Crippen LogP contribution is 2.22. The lowest BCUT2D eigenvalue weighted by atomic mass is 9.89. The molecule has 0 heterocycles. The van der Waals surface area contributed by atoms with E-state index in [0.29, 0.717) is 5.41 Å². The standard InChI is InChI=1S/C16H33S/c1-16(2,3)14-12-10-8-6-4-5-7-9-11-13-15-17/h4-15H2,1-3H3. The van der Waals surface area contributed by atoms with Crippen molar-refractivity contribution in [2.24, 2.45) is 5.41 Å². The second-order valence-corrected chi connectivity index (χ2v) is 6.96. The fourth-order valence-corrected chi connectivity index (χ4v) is 2.38. The van der Waals surface area contributed by atoms with Gasteiger partial charge < -0.3 is 0 Å². The van der Waals surface area contributed by atoms with Gasteiger partial charge in [0.25, 0.3) is 0 Å². The molecule has 0 saturated carbocycles. The molecule has 0 bridgehead atoms. The fourth-order valence-electron chi connectivity index (χ4n) is 2.17.